The van der Waals surface area contributed by atoms with Crippen molar-refractivity contribution in [2.45, 2.75) is 39.4 Å². The zero-order valence-electron chi connectivity index (χ0n) is 11.3. The van der Waals surface area contributed by atoms with Gasteiger partial charge in [-0.3, -0.25) is 0 Å². The third-order valence-electron chi connectivity index (χ3n) is 2.91. The molecule has 1 N–H and O–H groups in total. The monoisotopic (exact) mass is 271 g/mol. The summed E-state index contributed by atoms with van der Waals surface area (Å²) >= 11 is 5.34. The average molecular weight is 272 g/mol. The normalized spacial score (nSPS) is 14.2. The van der Waals surface area contributed by atoms with E-state index >= 15 is 0 Å². The molecule has 1 aromatic carbocycles. The third kappa shape index (κ3) is 5.25. The van der Waals surface area contributed by atoms with Crippen LogP contribution in [0.15, 0.2) is 24.3 Å². The molecule has 0 aliphatic rings. The summed E-state index contributed by atoms with van der Waals surface area (Å²) in [6.07, 6.45) is 0.870. The molecule has 2 atom stereocenters. The fraction of sp³-hybridized carbons (Fsp3) is 0.571. The average Bonchev–Trinajstić information content (AvgIpc) is 2.39. The minimum absolute atomic E-state index is 0.274. The predicted molar refractivity (Wildman–Crippen MR) is 75.0 cm³/mol. The second-order valence-electron chi connectivity index (χ2n) is 4.32. The van der Waals surface area contributed by atoms with Crippen molar-refractivity contribution < 1.29 is 9.47 Å². The molecule has 0 amide bonds. The molecule has 1 rings (SSSR count). The Labute approximate surface area is 115 Å². The highest BCUT2D eigenvalue weighted by Crippen LogP contribution is 2.22. The van der Waals surface area contributed by atoms with Crippen molar-refractivity contribution in [2.75, 3.05) is 13.2 Å². The molecule has 0 saturated heterocycles. The lowest BCUT2D eigenvalue weighted by molar-refractivity contribution is -0.0641. The van der Waals surface area contributed by atoms with Crippen molar-refractivity contribution in [2.24, 2.45) is 0 Å². The minimum atomic E-state index is -0.274. The Morgan fingerprint density at radius 3 is 2.44 bits per heavy atom. The first-order chi connectivity index (χ1) is 8.67. The van der Waals surface area contributed by atoms with E-state index in [4.69, 9.17) is 21.3 Å². The van der Waals surface area contributed by atoms with Gasteiger partial charge in [-0.25, -0.2) is 4.84 Å². The molecule has 18 heavy (non-hydrogen) atoms. The number of ether oxygens (including phenoxy) is 2. The zero-order chi connectivity index (χ0) is 13.4. The molecular formula is C14H22ClNO2. The molecule has 0 heterocycles. The Morgan fingerprint density at radius 2 is 1.89 bits per heavy atom. The topological polar surface area (TPSA) is 30.5 Å². The van der Waals surface area contributed by atoms with E-state index in [0.717, 1.165) is 12.2 Å². The summed E-state index contributed by atoms with van der Waals surface area (Å²) in [5, 5.41) is 0. The smallest absolute Gasteiger partial charge is 0.197 e. The second kappa shape index (κ2) is 8.35. The van der Waals surface area contributed by atoms with Crippen molar-refractivity contribution in [1.29, 1.82) is 0 Å². The van der Waals surface area contributed by atoms with E-state index in [1.165, 1.54) is 5.56 Å². The summed E-state index contributed by atoms with van der Waals surface area (Å²) < 4.78 is 11.1. The van der Waals surface area contributed by atoms with E-state index < -0.39 is 0 Å². The van der Waals surface area contributed by atoms with Gasteiger partial charge >= 0.3 is 0 Å². The van der Waals surface area contributed by atoms with Crippen molar-refractivity contribution in [3.8, 4) is 5.75 Å². The Hall–Kier alpha value is -0.770. The van der Waals surface area contributed by atoms with Crippen molar-refractivity contribution in [3.05, 3.63) is 29.8 Å². The van der Waals surface area contributed by atoms with Crippen molar-refractivity contribution in [1.82, 2.24) is 4.84 Å². The molecule has 0 saturated carbocycles. The molecule has 0 fully saturated rings. The number of rotatable bonds is 8. The summed E-state index contributed by atoms with van der Waals surface area (Å²) in [5.74, 6) is 1.41. The third-order valence-corrected chi connectivity index (χ3v) is 3.10. The van der Waals surface area contributed by atoms with Gasteiger partial charge < -0.3 is 9.47 Å². The van der Waals surface area contributed by atoms with Crippen LogP contribution < -0.4 is 9.57 Å². The van der Waals surface area contributed by atoms with E-state index in [-0.39, 0.29) is 6.29 Å². The number of hydrogen-bond donors (Lipinski definition) is 1. The summed E-state index contributed by atoms with van der Waals surface area (Å²) in [7, 11) is 0. The summed E-state index contributed by atoms with van der Waals surface area (Å²) in [6, 6.07) is 8.19. The minimum Gasteiger partial charge on any atom is -0.465 e. The molecule has 2 unspecified atom stereocenters. The first kappa shape index (κ1) is 15.3. The fourth-order valence-electron chi connectivity index (χ4n) is 1.60. The van der Waals surface area contributed by atoms with Crippen molar-refractivity contribution in [3.63, 3.8) is 0 Å². The van der Waals surface area contributed by atoms with Crippen LogP contribution in [0.2, 0.25) is 0 Å². The zero-order valence-corrected chi connectivity index (χ0v) is 12.0. The maximum atomic E-state index is 5.64. The van der Waals surface area contributed by atoms with Gasteiger partial charge in [0, 0.05) is 6.54 Å². The Morgan fingerprint density at radius 1 is 1.22 bits per heavy atom. The molecule has 0 spiro atoms. The van der Waals surface area contributed by atoms with Crippen LogP contribution in [0.5, 0.6) is 5.75 Å². The molecular weight excluding hydrogens is 250 g/mol. The highest BCUT2D eigenvalue weighted by molar-refractivity contribution is 6.13. The molecule has 3 nitrogen and oxygen atoms in total. The van der Waals surface area contributed by atoms with Gasteiger partial charge in [0.2, 0.25) is 0 Å². The van der Waals surface area contributed by atoms with Gasteiger partial charge in [0.15, 0.2) is 6.29 Å². The van der Waals surface area contributed by atoms with Gasteiger partial charge in [0.1, 0.15) is 5.75 Å². The highest BCUT2D eigenvalue weighted by atomic mass is 35.5. The van der Waals surface area contributed by atoms with Crippen molar-refractivity contribution >= 4 is 11.8 Å². The van der Waals surface area contributed by atoms with E-state index in [1.807, 2.05) is 19.1 Å². The van der Waals surface area contributed by atoms with Crippen LogP contribution in [0, 0.1) is 0 Å². The fourth-order valence-corrected chi connectivity index (χ4v) is 1.68. The van der Waals surface area contributed by atoms with Crippen LogP contribution in [-0.2, 0) is 4.74 Å². The quantitative estimate of drug-likeness (QED) is 0.444. The lowest BCUT2D eigenvalue weighted by Gasteiger charge is -2.16. The largest absolute Gasteiger partial charge is 0.465 e. The molecule has 102 valence electrons. The lowest BCUT2D eigenvalue weighted by Crippen LogP contribution is -2.20. The van der Waals surface area contributed by atoms with Crippen LogP contribution in [-0.4, -0.2) is 19.4 Å². The van der Waals surface area contributed by atoms with Gasteiger partial charge in [-0.15, -0.1) is 0 Å². The first-order valence-corrected chi connectivity index (χ1v) is 6.76. The molecule has 1 aromatic rings. The molecule has 0 aromatic heterocycles. The number of benzene rings is 1. The van der Waals surface area contributed by atoms with E-state index in [2.05, 4.69) is 30.8 Å². The van der Waals surface area contributed by atoms with Gasteiger partial charge in [-0.1, -0.05) is 26.0 Å². The maximum Gasteiger partial charge on any atom is 0.197 e. The van der Waals surface area contributed by atoms with Crippen LogP contribution in [0.1, 0.15) is 38.7 Å². The van der Waals surface area contributed by atoms with Crippen LogP contribution in [0.25, 0.3) is 0 Å². The Balaban J connectivity index is 2.43. The molecule has 0 aliphatic heterocycles. The molecule has 0 aliphatic carbocycles. The van der Waals surface area contributed by atoms with Gasteiger partial charge in [0.05, 0.1) is 6.61 Å². The van der Waals surface area contributed by atoms with E-state index in [1.54, 1.807) is 0 Å². The molecule has 4 heteroatoms. The van der Waals surface area contributed by atoms with Gasteiger partial charge in [-0.05, 0) is 48.7 Å². The number of hydrogen-bond acceptors (Lipinski definition) is 3. The van der Waals surface area contributed by atoms with E-state index in [0.29, 0.717) is 19.1 Å². The standard InChI is InChI=1S/C14H22ClNO2/c1-4-11(2)13-5-7-14(8-6-13)18-12(3)17-10-9-16-15/h5-8,11-12,16H,4,9-10H2,1-3H3. The Bertz CT molecular complexity index is 329. The van der Waals surface area contributed by atoms with Crippen LogP contribution in [0.3, 0.4) is 0 Å². The second-order valence-corrected chi connectivity index (χ2v) is 4.59. The highest BCUT2D eigenvalue weighted by Gasteiger charge is 2.06. The summed E-state index contributed by atoms with van der Waals surface area (Å²) in [4.78, 5) is 2.50. The SMILES string of the molecule is CCC(C)c1ccc(OC(C)OCCNCl)cc1. The summed E-state index contributed by atoms with van der Waals surface area (Å²) in [5.41, 5.74) is 1.34. The predicted octanol–water partition coefficient (Wildman–Crippen LogP) is 3.68. The lowest BCUT2D eigenvalue weighted by atomic mass is 9.99. The van der Waals surface area contributed by atoms with Crippen LogP contribution in [0.4, 0.5) is 0 Å². The Kier molecular flexibility index (Phi) is 7.09. The van der Waals surface area contributed by atoms with Gasteiger partial charge in [-0.2, -0.15) is 0 Å². The first-order valence-electron chi connectivity index (χ1n) is 6.39. The van der Waals surface area contributed by atoms with Crippen LogP contribution >= 0.6 is 11.8 Å². The maximum absolute atomic E-state index is 5.64. The molecule has 0 radical (unpaired) electrons. The number of halogens is 1. The summed E-state index contributed by atoms with van der Waals surface area (Å²) in [6.45, 7) is 7.41. The number of nitrogens with one attached hydrogen (secondary N) is 1. The molecule has 0 bridgehead atoms. The van der Waals surface area contributed by atoms with Gasteiger partial charge in [0.25, 0.3) is 0 Å². The van der Waals surface area contributed by atoms with E-state index in [9.17, 15) is 0 Å².